The summed E-state index contributed by atoms with van der Waals surface area (Å²) in [6.45, 7) is 0.374. The van der Waals surface area contributed by atoms with Gasteiger partial charge in [-0.1, -0.05) is 30.3 Å². The monoisotopic (exact) mass is 350 g/mol. The van der Waals surface area contributed by atoms with Gasteiger partial charge in [-0.3, -0.25) is 4.79 Å². The van der Waals surface area contributed by atoms with Gasteiger partial charge in [0.25, 0.3) is 0 Å². The molecule has 0 bridgehead atoms. The highest BCUT2D eigenvalue weighted by Crippen LogP contribution is 2.18. The van der Waals surface area contributed by atoms with Gasteiger partial charge in [-0.15, -0.1) is 0 Å². The lowest BCUT2D eigenvalue weighted by atomic mass is 10.2. The van der Waals surface area contributed by atoms with Crippen molar-refractivity contribution in [1.29, 1.82) is 0 Å². The summed E-state index contributed by atoms with van der Waals surface area (Å²) >= 11 is 0. The van der Waals surface area contributed by atoms with Crippen LogP contribution in [0.4, 0.5) is 10.5 Å². The number of nitrogens with two attached hydrogens (primary N) is 1. The molecule has 3 aromatic rings. The second-order valence-electron chi connectivity index (χ2n) is 5.65. The number of nitrogens with zero attached hydrogens (tertiary/aromatic N) is 1. The van der Waals surface area contributed by atoms with Gasteiger partial charge in [-0.25, -0.2) is 9.78 Å². The highest BCUT2D eigenvalue weighted by atomic mass is 16.3. The smallest absolute Gasteiger partial charge is 0.316 e. The molecule has 0 aliphatic heterocycles. The van der Waals surface area contributed by atoms with Crippen LogP contribution in [0.15, 0.2) is 65.3 Å². The minimum absolute atomic E-state index is 0.137. The van der Waals surface area contributed by atoms with E-state index in [-0.39, 0.29) is 12.3 Å². The van der Waals surface area contributed by atoms with E-state index in [4.69, 9.17) is 10.2 Å². The third kappa shape index (κ3) is 4.70. The number of anilines is 1. The number of primary amides is 1. The van der Waals surface area contributed by atoms with Gasteiger partial charge in [0.15, 0.2) is 0 Å². The van der Waals surface area contributed by atoms with Crippen molar-refractivity contribution < 1.29 is 14.0 Å². The summed E-state index contributed by atoms with van der Waals surface area (Å²) in [7, 11) is 0. The van der Waals surface area contributed by atoms with Crippen molar-refractivity contribution >= 4 is 17.6 Å². The van der Waals surface area contributed by atoms with Crippen LogP contribution in [0.5, 0.6) is 0 Å². The number of urea groups is 1. The van der Waals surface area contributed by atoms with Crippen molar-refractivity contribution in [1.82, 2.24) is 10.3 Å². The molecule has 0 aliphatic rings. The Morgan fingerprint density at radius 3 is 2.46 bits per heavy atom. The summed E-state index contributed by atoms with van der Waals surface area (Å²) in [4.78, 5) is 27.2. The first-order valence-electron chi connectivity index (χ1n) is 8.02. The molecule has 0 radical (unpaired) electrons. The molecule has 0 fully saturated rings. The Kier molecular flexibility index (Phi) is 5.28. The molecule has 0 aliphatic carbocycles. The van der Waals surface area contributed by atoms with Gasteiger partial charge in [0.2, 0.25) is 11.8 Å². The number of rotatable bonds is 6. The Labute approximate surface area is 150 Å². The zero-order valence-corrected chi connectivity index (χ0v) is 13.9. The molecule has 3 rings (SSSR count). The molecule has 26 heavy (non-hydrogen) atoms. The van der Waals surface area contributed by atoms with E-state index in [9.17, 15) is 9.59 Å². The largest absolute Gasteiger partial charge is 0.444 e. The fourth-order valence-electron chi connectivity index (χ4n) is 2.38. The Morgan fingerprint density at radius 1 is 1.04 bits per heavy atom. The molecule has 0 saturated heterocycles. The maximum atomic E-state index is 12.1. The summed E-state index contributed by atoms with van der Waals surface area (Å²) in [5.74, 6) is 0.336. The lowest BCUT2D eigenvalue weighted by Crippen LogP contribution is -2.24. The molecular formula is C19H18N4O3. The predicted molar refractivity (Wildman–Crippen MR) is 97.1 cm³/mol. The number of hydrogen-bond acceptors (Lipinski definition) is 4. The van der Waals surface area contributed by atoms with E-state index in [1.54, 1.807) is 24.3 Å². The highest BCUT2D eigenvalue weighted by molar-refractivity contribution is 5.87. The quantitative estimate of drug-likeness (QED) is 0.635. The van der Waals surface area contributed by atoms with Gasteiger partial charge < -0.3 is 20.8 Å². The van der Waals surface area contributed by atoms with Crippen LogP contribution in [0.2, 0.25) is 0 Å². The summed E-state index contributed by atoms with van der Waals surface area (Å²) in [6.07, 6.45) is 1.63. The standard InChI is InChI=1S/C19H18N4O3/c20-19(25)23-15-8-6-13(7-9-15)11-21-17(24)10-16-12-26-18(22-16)14-4-2-1-3-5-14/h1-9,12H,10-11H2,(H,21,24)(H3,20,23,25). The molecule has 1 heterocycles. The first-order valence-corrected chi connectivity index (χ1v) is 8.02. The number of carbonyl (C=O) groups excluding carboxylic acids is 2. The van der Waals surface area contributed by atoms with Crippen LogP contribution in [0.1, 0.15) is 11.3 Å². The van der Waals surface area contributed by atoms with Gasteiger partial charge in [-0.2, -0.15) is 0 Å². The lowest BCUT2D eigenvalue weighted by Gasteiger charge is -2.06. The molecular weight excluding hydrogens is 332 g/mol. The molecule has 0 unspecified atom stereocenters. The molecule has 4 N–H and O–H groups in total. The number of hydrogen-bond donors (Lipinski definition) is 3. The van der Waals surface area contributed by atoms with Crippen LogP contribution in [0.25, 0.3) is 11.5 Å². The number of nitrogens with one attached hydrogen (secondary N) is 2. The summed E-state index contributed by atoms with van der Waals surface area (Å²) < 4.78 is 5.42. The third-order valence-corrected chi connectivity index (χ3v) is 3.63. The number of aromatic nitrogens is 1. The van der Waals surface area contributed by atoms with Crippen LogP contribution < -0.4 is 16.4 Å². The maximum absolute atomic E-state index is 12.1. The Bertz CT molecular complexity index is 889. The van der Waals surface area contributed by atoms with Gasteiger partial charge >= 0.3 is 6.03 Å². The van der Waals surface area contributed by atoms with Crippen LogP contribution in [-0.4, -0.2) is 16.9 Å². The number of carbonyl (C=O) groups is 2. The zero-order chi connectivity index (χ0) is 18.4. The van der Waals surface area contributed by atoms with Gasteiger partial charge in [-0.05, 0) is 29.8 Å². The summed E-state index contributed by atoms with van der Waals surface area (Å²) in [6, 6.07) is 15.9. The second-order valence-corrected chi connectivity index (χ2v) is 5.65. The summed E-state index contributed by atoms with van der Waals surface area (Å²) in [5.41, 5.74) is 7.99. The van der Waals surface area contributed by atoms with Crippen molar-refractivity contribution in [2.24, 2.45) is 5.73 Å². The predicted octanol–water partition coefficient (Wildman–Crippen LogP) is 2.69. The molecule has 7 heteroatoms. The second kappa shape index (κ2) is 7.98. The van der Waals surface area contributed by atoms with Crippen molar-refractivity contribution in [3.05, 3.63) is 72.1 Å². The lowest BCUT2D eigenvalue weighted by molar-refractivity contribution is -0.120. The van der Waals surface area contributed by atoms with Crippen LogP contribution in [-0.2, 0) is 17.8 Å². The number of amides is 3. The van der Waals surface area contributed by atoms with Crippen molar-refractivity contribution in [2.45, 2.75) is 13.0 Å². The zero-order valence-electron chi connectivity index (χ0n) is 13.9. The van der Waals surface area contributed by atoms with E-state index in [1.165, 1.54) is 6.26 Å². The summed E-state index contributed by atoms with van der Waals surface area (Å²) in [5, 5.41) is 5.30. The fraction of sp³-hybridized carbons (Fsp3) is 0.105. The van der Waals surface area contributed by atoms with E-state index in [1.807, 2.05) is 30.3 Å². The Hall–Kier alpha value is -3.61. The van der Waals surface area contributed by atoms with E-state index in [2.05, 4.69) is 15.6 Å². The Balaban J connectivity index is 1.51. The SMILES string of the molecule is NC(=O)Nc1ccc(CNC(=O)Cc2coc(-c3ccccc3)n2)cc1. The van der Waals surface area contributed by atoms with E-state index in [0.717, 1.165) is 11.1 Å². The minimum atomic E-state index is -0.617. The van der Waals surface area contributed by atoms with E-state index in [0.29, 0.717) is 23.8 Å². The molecule has 2 aromatic carbocycles. The van der Waals surface area contributed by atoms with E-state index < -0.39 is 6.03 Å². The topological polar surface area (TPSA) is 110 Å². The number of oxazole rings is 1. The molecule has 132 valence electrons. The van der Waals surface area contributed by atoms with Gasteiger partial charge in [0.05, 0.1) is 12.1 Å². The average Bonchev–Trinajstić information content (AvgIpc) is 3.10. The maximum Gasteiger partial charge on any atom is 0.316 e. The molecule has 0 atom stereocenters. The molecule has 1 aromatic heterocycles. The average molecular weight is 350 g/mol. The van der Waals surface area contributed by atoms with Crippen LogP contribution in [0.3, 0.4) is 0 Å². The first kappa shape index (κ1) is 17.2. The molecule has 0 spiro atoms. The Morgan fingerprint density at radius 2 is 1.77 bits per heavy atom. The molecule has 3 amide bonds. The normalized spacial score (nSPS) is 10.3. The minimum Gasteiger partial charge on any atom is -0.444 e. The van der Waals surface area contributed by atoms with Crippen molar-refractivity contribution in [3.63, 3.8) is 0 Å². The van der Waals surface area contributed by atoms with E-state index >= 15 is 0 Å². The molecule has 0 saturated carbocycles. The third-order valence-electron chi connectivity index (χ3n) is 3.63. The van der Waals surface area contributed by atoms with Gasteiger partial charge in [0.1, 0.15) is 6.26 Å². The fourth-order valence-corrected chi connectivity index (χ4v) is 2.38. The van der Waals surface area contributed by atoms with Crippen molar-refractivity contribution in [3.8, 4) is 11.5 Å². The highest BCUT2D eigenvalue weighted by Gasteiger charge is 2.10. The van der Waals surface area contributed by atoms with Crippen LogP contribution in [0, 0.1) is 0 Å². The van der Waals surface area contributed by atoms with Gasteiger partial charge in [0, 0.05) is 17.8 Å². The number of benzene rings is 2. The molecule has 7 nitrogen and oxygen atoms in total. The first-order chi connectivity index (χ1) is 12.6. The van der Waals surface area contributed by atoms with Crippen molar-refractivity contribution in [2.75, 3.05) is 5.32 Å². The van der Waals surface area contributed by atoms with Crippen LogP contribution >= 0.6 is 0 Å².